The maximum atomic E-state index is 12.5. The van der Waals surface area contributed by atoms with Crippen molar-refractivity contribution < 1.29 is 9.53 Å². The average molecular weight is 567 g/mol. The van der Waals surface area contributed by atoms with Gasteiger partial charge in [-0.2, -0.15) is 5.10 Å². The number of fused-ring (bicyclic) bond motifs is 1. The lowest BCUT2D eigenvalue weighted by molar-refractivity contribution is -0.111. The SMILES string of the molecule is C=CC(=O)Nc1cc(Nc2cc(-c3ccc4c(cnn4C)c3)ncn2)c(CC)cc1N1CCC(C2CNCCO2)CC1. The van der Waals surface area contributed by atoms with Crippen LogP contribution in [0.2, 0.25) is 0 Å². The van der Waals surface area contributed by atoms with E-state index in [1.54, 1.807) is 6.33 Å². The highest BCUT2D eigenvalue weighted by Gasteiger charge is 2.29. The van der Waals surface area contributed by atoms with Crippen LogP contribution in [0.5, 0.6) is 0 Å². The van der Waals surface area contributed by atoms with Crippen LogP contribution in [0.1, 0.15) is 25.3 Å². The summed E-state index contributed by atoms with van der Waals surface area (Å²) in [5.41, 5.74) is 6.69. The number of amides is 1. The Labute approximate surface area is 246 Å². The molecule has 1 unspecified atom stereocenters. The highest BCUT2D eigenvalue weighted by molar-refractivity contribution is 6.02. The van der Waals surface area contributed by atoms with Gasteiger partial charge in [0.05, 0.1) is 41.5 Å². The van der Waals surface area contributed by atoms with Crippen molar-refractivity contribution in [1.29, 1.82) is 0 Å². The van der Waals surface area contributed by atoms with E-state index in [9.17, 15) is 4.79 Å². The van der Waals surface area contributed by atoms with Crippen molar-refractivity contribution in [2.24, 2.45) is 13.0 Å². The summed E-state index contributed by atoms with van der Waals surface area (Å²) in [7, 11) is 1.93. The third-order valence-electron chi connectivity index (χ3n) is 8.38. The molecule has 2 aliphatic heterocycles. The molecule has 0 spiro atoms. The molecule has 0 bridgehead atoms. The van der Waals surface area contributed by atoms with Gasteiger partial charge in [-0.25, -0.2) is 9.97 Å². The molecule has 1 atom stereocenters. The van der Waals surface area contributed by atoms with Gasteiger partial charge in [0.25, 0.3) is 0 Å². The molecule has 10 heteroatoms. The van der Waals surface area contributed by atoms with Gasteiger partial charge in [-0.05, 0) is 61.1 Å². The molecule has 0 radical (unpaired) electrons. The molecule has 2 aliphatic rings. The molecule has 2 saturated heterocycles. The summed E-state index contributed by atoms with van der Waals surface area (Å²) >= 11 is 0. The van der Waals surface area contributed by atoms with Gasteiger partial charge in [0.15, 0.2) is 0 Å². The third-order valence-corrected chi connectivity index (χ3v) is 8.38. The van der Waals surface area contributed by atoms with Crippen LogP contribution in [0.4, 0.5) is 22.9 Å². The van der Waals surface area contributed by atoms with Gasteiger partial charge < -0.3 is 25.6 Å². The number of hydrogen-bond donors (Lipinski definition) is 3. The number of rotatable bonds is 8. The highest BCUT2D eigenvalue weighted by Crippen LogP contribution is 2.37. The molecule has 42 heavy (non-hydrogen) atoms. The number of carbonyl (C=O) groups excluding carboxylic acids is 1. The zero-order valence-electron chi connectivity index (χ0n) is 24.3. The second-order valence-corrected chi connectivity index (χ2v) is 11.0. The number of hydrogen-bond acceptors (Lipinski definition) is 8. The summed E-state index contributed by atoms with van der Waals surface area (Å²) in [6.07, 6.45) is 7.94. The second-order valence-electron chi connectivity index (χ2n) is 11.0. The second kappa shape index (κ2) is 12.3. The molecule has 0 aliphatic carbocycles. The molecule has 218 valence electrons. The van der Waals surface area contributed by atoms with E-state index in [2.05, 4.69) is 67.6 Å². The number of nitrogens with zero attached hydrogens (tertiary/aromatic N) is 5. The van der Waals surface area contributed by atoms with Gasteiger partial charge in [0, 0.05) is 55.9 Å². The molecule has 2 aromatic heterocycles. The third kappa shape index (κ3) is 5.86. The van der Waals surface area contributed by atoms with E-state index in [4.69, 9.17) is 4.74 Å². The first-order valence-corrected chi connectivity index (χ1v) is 14.7. The fourth-order valence-corrected chi connectivity index (χ4v) is 6.03. The van der Waals surface area contributed by atoms with Gasteiger partial charge in [0.2, 0.25) is 5.91 Å². The Bertz CT molecular complexity index is 1580. The molecule has 6 rings (SSSR count). The largest absolute Gasteiger partial charge is 0.375 e. The lowest BCUT2D eigenvalue weighted by Gasteiger charge is -2.39. The molecule has 2 fully saturated rings. The van der Waals surface area contributed by atoms with Crippen LogP contribution in [-0.2, 0) is 23.0 Å². The standard InChI is InChI=1S/C32H38N8O2/c1-4-21-15-29(40-11-8-22(9-12-40)30-19-33-10-13-42-30)27(38-32(41)5-2)16-26(21)37-31-17-25(34-20-35-31)23-6-7-28-24(14-23)18-36-39(28)3/h5-7,14-18,20,22,30,33H,2,4,8-13,19H2,1,3H3,(H,38,41)(H,34,35,37). The normalized spacial score (nSPS) is 17.8. The van der Waals surface area contributed by atoms with Gasteiger partial charge >= 0.3 is 0 Å². The summed E-state index contributed by atoms with van der Waals surface area (Å²) in [6, 6.07) is 12.3. The molecule has 4 aromatic rings. The minimum atomic E-state index is -0.238. The molecule has 0 saturated carbocycles. The first kappa shape index (κ1) is 27.9. The van der Waals surface area contributed by atoms with E-state index >= 15 is 0 Å². The van der Waals surface area contributed by atoms with Crippen LogP contribution < -0.4 is 20.9 Å². The minimum absolute atomic E-state index is 0.238. The van der Waals surface area contributed by atoms with Gasteiger partial charge in [-0.3, -0.25) is 9.48 Å². The van der Waals surface area contributed by atoms with Crippen LogP contribution in [0.25, 0.3) is 22.2 Å². The monoisotopic (exact) mass is 566 g/mol. The van der Waals surface area contributed by atoms with E-state index in [1.165, 1.54) is 6.08 Å². The number of aryl methyl sites for hydroxylation is 2. The van der Waals surface area contributed by atoms with Crippen molar-refractivity contribution in [2.75, 3.05) is 48.3 Å². The van der Waals surface area contributed by atoms with E-state index < -0.39 is 0 Å². The number of morpholine rings is 1. The van der Waals surface area contributed by atoms with Gasteiger partial charge in [0.1, 0.15) is 12.1 Å². The topological polar surface area (TPSA) is 109 Å². The zero-order chi connectivity index (χ0) is 29.1. The van der Waals surface area contributed by atoms with E-state index in [0.29, 0.717) is 11.7 Å². The number of aromatic nitrogens is 4. The van der Waals surface area contributed by atoms with Crippen LogP contribution in [0.15, 0.2) is 61.6 Å². The summed E-state index contributed by atoms with van der Waals surface area (Å²) in [4.78, 5) is 23.9. The predicted molar refractivity (Wildman–Crippen MR) is 167 cm³/mol. The summed E-state index contributed by atoms with van der Waals surface area (Å²) in [5.74, 6) is 0.979. The average Bonchev–Trinajstić information content (AvgIpc) is 3.41. The van der Waals surface area contributed by atoms with E-state index in [-0.39, 0.29) is 12.0 Å². The van der Waals surface area contributed by atoms with Crippen molar-refractivity contribution in [3.63, 3.8) is 0 Å². The number of nitrogens with one attached hydrogen (secondary N) is 3. The Morgan fingerprint density at radius 2 is 2.02 bits per heavy atom. The van der Waals surface area contributed by atoms with Crippen LogP contribution in [0.3, 0.4) is 0 Å². The molecule has 1 amide bonds. The van der Waals surface area contributed by atoms with Crippen molar-refractivity contribution in [2.45, 2.75) is 32.3 Å². The fraction of sp³-hybridized carbons (Fsp3) is 0.375. The summed E-state index contributed by atoms with van der Waals surface area (Å²) in [5, 5.41) is 15.4. The maximum Gasteiger partial charge on any atom is 0.247 e. The smallest absolute Gasteiger partial charge is 0.247 e. The lowest BCUT2D eigenvalue weighted by atomic mass is 9.90. The van der Waals surface area contributed by atoms with Crippen LogP contribution >= 0.6 is 0 Å². The lowest BCUT2D eigenvalue weighted by Crippen LogP contribution is -2.46. The van der Waals surface area contributed by atoms with E-state index in [0.717, 1.165) is 96.8 Å². The predicted octanol–water partition coefficient (Wildman–Crippen LogP) is 4.67. The number of benzene rings is 2. The molecule has 4 heterocycles. The Hall–Kier alpha value is -4.28. The van der Waals surface area contributed by atoms with Crippen molar-refractivity contribution in [1.82, 2.24) is 25.1 Å². The molecular formula is C32H38N8O2. The first-order chi connectivity index (χ1) is 20.5. The summed E-state index contributed by atoms with van der Waals surface area (Å²) in [6.45, 7) is 10.3. The van der Waals surface area contributed by atoms with Crippen molar-refractivity contribution in [3.8, 4) is 11.3 Å². The maximum absolute atomic E-state index is 12.5. The quantitative estimate of drug-likeness (QED) is 0.264. The number of ether oxygens (including phenoxy) is 1. The Morgan fingerprint density at radius 1 is 1.17 bits per heavy atom. The minimum Gasteiger partial charge on any atom is -0.375 e. The Balaban J connectivity index is 1.26. The van der Waals surface area contributed by atoms with Gasteiger partial charge in [-0.15, -0.1) is 0 Å². The molecule has 2 aromatic carbocycles. The Morgan fingerprint density at radius 3 is 2.79 bits per heavy atom. The van der Waals surface area contributed by atoms with E-state index in [1.807, 2.05) is 36.1 Å². The van der Waals surface area contributed by atoms with Crippen LogP contribution in [-0.4, -0.2) is 64.5 Å². The van der Waals surface area contributed by atoms with Gasteiger partial charge in [-0.1, -0.05) is 19.6 Å². The number of piperidine rings is 1. The number of carbonyl (C=O) groups is 1. The Kier molecular flexibility index (Phi) is 8.16. The van der Waals surface area contributed by atoms with Crippen LogP contribution in [0, 0.1) is 5.92 Å². The molecular weight excluding hydrogens is 528 g/mol. The van der Waals surface area contributed by atoms with Crippen molar-refractivity contribution >= 4 is 39.7 Å². The summed E-state index contributed by atoms with van der Waals surface area (Å²) < 4.78 is 7.90. The molecule has 10 nitrogen and oxygen atoms in total. The molecule has 3 N–H and O–H groups in total. The number of anilines is 4. The first-order valence-electron chi connectivity index (χ1n) is 14.7. The highest BCUT2D eigenvalue weighted by atomic mass is 16.5. The van der Waals surface area contributed by atoms with Crippen molar-refractivity contribution in [3.05, 3.63) is 67.1 Å². The zero-order valence-corrected chi connectivity index (χ0v) is 24.3. The fourth-order valence-electron chi connectivity index (χ4n) is 6.03.